The van der Waals surface area contributed by atoms with Crippen molar-refractivity contribution < 1.29 is 4.74 Å². The highest BCUT2D eigenvalue weighted by Crippen LogP contribution is 2.11. The van der Waals surface area contributed by atoms with Gasteiger partial charge in [-0.1, -0.05) is 6.07 Å². The first-order valence-electron chi connectivity index (χ1n) is 5.58. The molecule has 4 nitrogen and oxygen atoms in total. The molecule has 0 aliphatic rings. The normalized spacial score (nSPS) is 9.72. The number of benzene rings is 1. The fourth-order valence-electron chi connectivity index (χ4n) is 1.53. The smallest absolute Gasteiger partial charge is 0.250 e. The first kappa shape index (κ1) is 11.9. The van der Waals surface area contributed by atoms with E-state index in [1.807, 2.05) is 12.1 Å². The molecule has 0 saturated carbocycles. The van der Waals surface area contributed by atoms with Crippen molar-refractivity contribution >= 4 is 0 Å². The summed E-state index contributed by atoms with van der Waals surface area (Å²) in [4.78, 5) is 11.4. The van der Waals surface area contributed by atoms with Crippen molar-refractivity contribution in [2.24, 2.45) is 0 Å². The van der Waals surface area contributed by atoms with E-state index in [-0.39, 0.29) is 5.56 Å². The molecule has 1 aromatic heterocycles. The van der Waals surface area contributed by atoms with Gasteiger partial charge in [-0.2, -0.15) is 5.26 Å². The Balaban J connectivity index is 1.91. The maximum absolute atomic E-state index is 11.4. The van der Waals surface area contributed by atoms with Crippen molar-refractivity contribution in [1.29, 1.82) is 5.26 Å². The summed E-state index contributed by atoms with van der Waals surface area (Å²) in [6.07, 6.45) is 1.73. The predicted octanol–water partition coefficient (Wildman–Crippen LogP) is 1.80. The zero-order valence-electron chi connectivity index (χ0n) is 9.74. The Morgan fingerprint density at radius 1 is 1.17 bits per heavy atom. The molecule has 0 amide bonds. The fourth-order valence-corrected chi connectivity index (χ4v) is 1.53. The summed E-state index contributed by atoms with van der Waals surface area (Å²) in [5, 5.41) is 8.65. The Labute approximate surface area is 105 Å². The SMILES string of the molecule is N#Cc1ccc(OCCn2ccccc2=O)cc1. The predicted molar refractivity (Wildman–Crippen MR) is 67.4 cm³/mol. The Bertz CT molecular complexity index is 609. The molecule has 2 aromatic rings. The van der Waals surface area contributed by atoms with Crippen molar-refractivity contribution in [3.8, 4) is 11.8 Å². The first-order valence-corrected chi connectivity index (χ1v) is 5.58. The van der Waals surface area contributed by atoms with Crippen LogP contribution in [0.1, 0.15) is 5.56 Å². The molecule has 90 valence electrons. The van der Waals surface area contributed by atoms with E-state index in [1.54, 1.807) is 41.1 Å². The average Bonchev–Trinajstić information content (AvgIpc) is 2.42. The van der Waals surface area contributed by atoms with Crippen LogP contribution in [0.25, 0.3) is 0 Å². The second-order valence-electron chi connectivity index (χ2n) is 3.72. The Hall–Kier alpha value is -2.54. The summed E-state index contributed by atoms with van der Waals surface area (Å²) in [7, 11) is 0. The van der Waals surface area contributed by atoms with Crippen LogP contribution >= 0.6 is 0 Å². The molecule has 0 spiro atoms. The zero-order valence-corrected chi connectivity index (χ0v) is 9.74. The average molecular weight is 240 g/mol. The van der Waals surface area contributed by atoms with E-state index in [0.29, 0.717) is 24.5 Å². The molecule has 0 atom stereocenters. The van der Waals surface area contributed by atoms with Crippen LogP contribution in [-0.2, 0) is 6.54 Å². The Kier molecular flexibility index (Phi) is 3.77. The third-order valence-electron chi connectivity index (χ3n) is 2.48. The van der Waals surface area contributed by atoms with Crippen LogP contribution in [0.15, 0.2) is 53.5 Å². The van der Waals surface area contributed by atoms with Gasteiger partial charge in [0, 0.05) is 12.3 Å². The maximum atomic E-state index is 11.4. The van der Waals surface area contributed by atoms with Gasteiger partial charge in [0.15, 0.2) is 0 Å². The van der Waals surface area contributed by atoms with Gasteiger partial charge in [-0.15, -0.1) is 0 Å². The molecule has 0 N–H and O–H groups in total. The van der Waals surface area contributed by atoms with Crippen LogP contribution in [-0.4, -0.2) is 11.2 Å². The summed E-state index contributed by atoms with van der Waals surface area (Å²) in [6.45, 7) is 0.912. The second-order valence-corrected chi connectivity index (χ2v) is 3.72. The minimum absolute atomic E-state index is 0.0408. The van der Waals surface area contributed by atoms with Crippen molar-refractivity contribution in [1.82, 2.24) is 4.57 Å². The van der Waals surface area contributed by atoms with Gasteiger partial charge in [-0.25, -0.2) is 0 Å². The quantitative estimate of drug-likeness (QED) is 0.818. The number of hydrogen-bond donors (Lipinski definition) is 0. The van der Waals surface area contributed by atoms with Crippen LogP contribution in [0, 0.1) is 11.3 Å². The molecule has 0 aliphatic carbocycles. The summed E-state index contributed by atoms with van der Waals surface area (Å²) in [5.74, 6) is 0.693. The Morgan fingerprint density at radius 2 is 1.94 bits per heavy atom. The minimum atomic E-state index is -0.0408. The highest BCUT2D eigenvalue weighted by atomic mass is 16.5. The molecule has 2 rings (SSSR count). The van der Waals surface area contributed by atoms with Crippen molar-refractivity contribution in [3.63, 3.8) is 0 Å². The minimum Gasteiger partial charge on any atom is -0.492 e. The van der Waals surface area contributed by atoms with Gasteiger partial charge >= 0.3 is 0 Å². The number of ether oxygens (including phenoxy) is 1. The van der Waals surface area contributed by atoms with Crippen molar-refractivity contribution in [2.45, 2.75) is 6.54 Å². The molecule has 0 saturated heterocycles. The van der Waals surface area contributed by atoms with Crippen LogP contribution < -0.4 is 10.3 Å². The van der Waals surface area contributed by atoms with Crippen molar-refractivity contribution in [3.05, 3.63) is 64.6 Å². The highest BCUT2D eigenvalue weighted by Gasteiger charge is 1.96. The lowest BCUT2D eigenvalue weighted by atomic mass is 10.2. The lowest BCUT2D eigenvalue weighted by Gasteiger charge is -2.07. The topological polar surface area (TPSA) is 55.0 Å². The van der Waals surface area contributed by atoms with Crippen LogP contribution in [0.5, 0.6) is 5.75 Å². The molecule has 0 fully saturated rings. The summed E-state index contributed by atoms with van der Waals surface area (Å²) < 4.78 is 7.08. The molecule has 1 aromatic carbocycles. The molecule has 4 heteroatoms. The van der Waals surface area contributed by atoms with E-state index in [9.17, 15) is 4.79 Å². The lowest BCUT2D eigenvalue weighted by molar-refractivity contribution is 0.296. The van der Waals surface area contributed by atoms with Gasteiger partial charge in [0.05, 0.1) is 18.2 Å². The molecule has 0 bridgehead atoms. The highest BCUT2D eigenvalue weighted by molar-refractivity contribution is 5.34. The lowest BCUT2D eigenvalue weighted by Crippen LogP contribution is -2.21. The fraction of sp³-hybridized carbons (Fsp3) is 0.143. The van der Waals surface area contributed by atoms with Gasteiger partial charge in [-0.05, 0) is 30.3 Å². The van der Waals surface area contributed by atoms with Gasteiger partial charge < -0.3 is 9.30 Å². The molecular formula is C14H12N2O2. The summed E-state index contributed by atoms with van der Waals surface area (Å²) >= 11 is 0. The second kappa shape index (κ2) is 5.69. The third kappa shape index (κ3) is 2.98. The van der Waals surface area contributed by atoms with E-state index in [4.69, 9.17) is 10.00 Å². The number of rotatable bonds is 4. The zero-order chi connectivity index (χ0) is 12.8. The third-order valence-corrected chi connectivity index (χ3v) is 2.48. The van der Waals surface area contributed by atoms with Gasteiger partial charge in [0.1, 0.15) is 12.4 Å². The van der Waals surface area contributed by atoms with Gasteiger partial charge in [0.2, 0.25) is 0 Å². The largest absolute Gasteiger partial charge is 0.492 e. The standard InChI is InChI=1S/C14H12N2O2/c15-11-12-4-6-13(7-5-12)18-10-9-16-8-2-1-3-14(16)17/h1-8H,9-10H2. The summed E-state index contributed by atoms with van der Waals surface area (Å²) in [6, 6.07) is 14.0. The number of hydrogen-bond acceptors (Lipinski definition) is 3. The molecule has 0 radical (unpaired) electrons. The molecule has 0 unspecified atom stereocenters. The van der Waals surface area contributed by atoms with Gasteiger partial charge in [0.25, 0.3) is 5.56 Å². The van der Waals surface area contributed by atoms with Crippen LogP contribution in [0.4, 0.5) is 0 Å². The summed E-state index contributed by atoms with van der Waals surface area (Å²) in [5.41, 5.74) is 0.558. The van der Waals surface area contributed by atoms with E-state index in [0.717, 1.165) is 0 Å². The molecular weight excluding hydrogens is 228 g/mol. The number of nitriles is 1. The van der Waals surface area contributed by atoms with E-state index in [2.05, 4.69) is 0 Å². The van der Waals surface area contributed by atoms with Crippen molar-refractivity contribution in [2.75, 3.05) is 6.61 Å². The molecule has 18 heavy (non-hydrogen) atoms. The van der Waals surface area contributed by atoms with E-state index < -0.39 is 0 Å². The van der Waals surface area contributed by atoms with Gasteiger partial charge in [-0.3, -0.25) is 4.79 Å². The van der Waals surface area contributed by atoms with E-state index in [1.165, 1.54) is 6.07 Å². The Morgan fingerprint density at radius 3 is 2.61 bits per heavy atom. The van der Waals surface area contributed by atoms with Crippen LogP contribution in [0.3, 0.4) is 0 Å². The molecule has 0 aliphatic heterocycles. The van der Waals surface area contributed by atoms with E-state index >= 15 is 0 Å². The maximum Gasteiger partial charge on any atom is 0.250 e. The molecule has 1 heterocycles. The number of pyridine rings is 1. The number of aromatic nitrogens is 1. The van der Waals surface area contributed by atoms with Crippen LogP contribution in [0.2, 0.25) is 0 Å². The first-order chi connectivity index (χ1) is 8.79. The monoisotopic (exact) mass is 240 g/mol. The number of nitrogens with zero attached hydrogens (tertiary/aromatic N) is 2.